The number of hydrogen-bond donors (Lipinski definition) is 0. The highest BCUT2D eigenvalue weighted by atomic mass is 35.5. The second-order valence-corrected chi connectivity index (χ2v) is 5.49. The Bertz CT molecular complexity index is 775. The first-order valence-corrected chi connectivity index (χ1v) is 7.06. The number of aliphatic imine (C=N–C) groups is 2. The van der Waals surface area contributed by atoms with Gasteiger partial charge in [0.15, 0.2) is 0 Å². The molecule has 4 nitrogen and oxygen atoms in total. The molecule has 2 aromatic carbocycles. The normalized spacial score (nSPS) is 12.7. The van der Waals surface area contributed by atoms with Gasteiger partial charge in [0.2, 0.25) is 17.8 Å². The van der Waals surface area contributed by atoms with Crippen LogP contribution < -0.4 is 0 Å². The number of benzene rings is 2. The van der Waals surface area contributed by atoms with Gasteiger partial charge in [-0.1, -0.05) is 53.0 Å². The lowest BCUT2D eigenvalue weighted by molar-refractivity contribution is 0.516. The second kappa shape index (κ2) is 6.89. The fourth-order valence-corrected chi connectivity index (χ4v) is 2.68. The molecule has 0 N–H and O–H groups in total. The maximum atomic E-state index is 10.9. The van der Waals surface area contributed by atoms with Crippen LogP contribution in [0.25, 0.3) is 0 Å². The van der Waals surface area contributed by atoms with Crippen LogP contribution in [-0.4, -0.2) is 12.2 Å². The van der Waals surface area contributed by atoms with Gasteiger partial charge < -0.3 is 0 Å². The van der Waals surface area contributed by atoms with Crippen molar-refractivity contribution in [2.24, 2.45) is 9.98 Å². The van der Waals surface area contributed by atoms with E-state index in [0.717, 1.165) is 0 Å². The number of nitrogens with zero attached hydrogens (tertiary/aromatic N) is 2. The molecule has 0 bridgehead atoms. The Labute approximate surface area is 141 Å². The van der Waals surface area contributed by atoms with Gasteiger partial charge in [0.1, 0.15) is 0 Å². The van der Waals surface area contributed by atoms with Crippen molar-refractivity contribution in [2.45, 2.75) is 5.66 Å². The molecular weight excluding hydrogens is 347 g/mol. The number of carbonyl (C=O) groups excluding carboxylic acids is 2. The fourth-order valence-electron chi connectivity index (χ4n) is 2.02. The molecule has 0 amide bonds. The third-order valence-corrected chi connectivity index (χ3v) is 3.77. The summed E-state index contributed by atoms with van der Waals surface area (Å²) < 4.78 is 0. The summed E-state index contributed by atoms with van der Waals surface area (Å²) in [5, 5.41) is 1.06. The van der Waals surface area contributed by atoms with E-state index in [-0.39, 0.29) is 5.02 Å². The van der Waals surface area contributed by atoms with Crippen LogP contribution in [0, 0.1) is 0 Å². The van der Waals surface area contributed by atoms with Crippen molar-refractivity contribution in [3.8, 4) is 0 Å². The van der Waals surface area contributed by atoms with Crippen LogP contribution in [0.15, 0.2) is 52.4 Å². The van der Waals surface area contributed by atoms with E-state index < -0.39 is 5.66 Å². The Morgan fingerprint density at radius 3 is 1.86 bits per heavy atom. The summed E-state index contributed by atoms with van der Waals surface area (Å²) in [6.07, 6.45) is 2.85. The zero-order valence-corrected chi connectivity index (χ0v) is 13.2. The Kier molecular flexibility index (Phi) is 5.15. The van der Waals surface area contributed by atoms with Crippen LogP contribution in [0.1, 0.15) is 11.1 Å². The molecule has 0 saturated carbocycles. The van der Waals surface area contributed by atoms with Crippen LogP contribution in [-0.2, 0) is 15.3 Å². The van der Waals surface area contributed by atoms with Crippen molar-refractivity contribution in [1.82, 2.24) is 0 Å². The molecule has 2 aromatic rings. The molecule has 2 rings (SSSR count). The molecule has 0 unspecified atom stereocenters. The van der Waals surface area contributed by atoms with Gasteiger partial charge in [-0.3, -0.25) is 0 Å². The van der Waals surface area contributed by atoms with Crippen molar-refractivity contribution < 1.29 is 9.59 Å². The van der Waals surface area contributed by atoms with Crippen LogP contribution in [0.3, 0.4) is 0 Å². The first-order chi connectivity index (χ1) is 10.5. The third kappa shape index (κ3) is 3.12. The number of hydrogen-bond acceptors (Lipinski definition) is 4. The van der Waals surface area contributed by atoms with E-state index in [1.807, 2.05) is 0 Å². The summed E-state index contributed by atoms with van der Waals surface area (Å²) in [7, 11) is 0. The van der Waals surface area contributed by atoms with E-state index in [1.54, 1.807) is 30.3 Å². The van der Waals surface area contributed by atoms with Gasteiger partial charge in [0, 0.05) is 21.2 Å². The molecule has 0 radical (unpaired) electrons. The van der Waals surface area contributed by atoms with E-state index in [2.05, 4.69) is 9.98 Å². The highest BCUT2D eigenvalue weighted by molar-refractivity contribution is 6.35. The van der Waals surface area contributed by atoms with E-state index in [4.69, 9.17) is 34.8 Å². The van der Waals surface area contributed by atoms with Crippen molar-refractivity contribution >= 4 is 47.0 Å². The number of isocyanates is 2. The monoisotopic (exact) mass is 352 g/mol. The lowest BCUT2D eigenvalue weighted by Crippen LogP contribution is -2.23. The molecular formula is C15H7Cl3N2O2. The van der Waals surface area contributed by atoms with Gasteiger partial charge in [-0.25, -0.2) is 9.59 Å². The molecule has 22 heavy (non-hydrogen) atoms. The van der Waals surface area contributed by atoms with Crippen molar-refractivity contribution in [2.75, 3.05) is 0 Å². The lowest BCUT2D eigenvalue weighted by atomic mass is 9.92. The summed E-state index contributed by atoms with van der Waals surface area (Å²) in [6.45, 7) is 0. The van der Waals surface area contributed by atoms with E-state index >= 15 is 0 Å². The number of halogens is 3. The summed E-state index contributed by atoms with van der Waals surface area (Å²) >= 11 is 17.9. The second-order valence-electron chi connectivity index (χ2n) is 4.21. The standard InChI is InChI=1S/C15H7Cl3N2O2/c16-11-3-1-10(2-4-11)15(19-8-21,20-9-22)13-6-5-12(17)7-14(13)18/h1-7H. The van der Waals surface area contributed by atoms with Gasteiger partial charge in [-0.2, -0.15) is 9.98 Å². The Balaban J connectivity index is 2.82. The van der Waals surface area contributed by atoms with Gasteiger partial charge in [-0.05, 0) is 24.3 Å². The van der Waals surface area contributed by atoms with Crippen LogP contribution in [0.4, 0.5) is 0 Å². The minimum Gasteiger partial charge on any atom is -0.211 e. The zero-order valence-electron chi connectivity index (χ0n) is 10.9. The van der Waals surface area contributed by atoms with E-state index in [0.29, 0.717) is 21.2 Å². The van der Waals surface area contributed by atoms with E-state index in [1.165, 1.54) is 24.3 Å². The molecule has 0 saturated heterocycles. The number of rotatable bonds is 4. The molecule has 0 atom stereocenters. The molecule has 0 aliphatic heterocycles. The lowest BCUT2D eigenvalue weighted by Gasteiger charge is -2.24. The van der Waals surface area contributed by atoms with Gasteiger partial charge >= 0.3 is 0 Å². The average molecular weight is 354 g/mol. The van der Waals surface area contributed by atoms with Gasteiger partial charge in [-0.15, -0.1) is 0 Å². The largest absolute Gasteiger partial charge is 0.238 e. The molecule has 0 fully saturated rings. The molecule has 110 valence electrons. The minimum absolute atomic E-state index is 0.195. The Morgan fingerprint density at radius 1 is 0.818 bits per heavy atom. The Hall–Kier alpha value is -1.93. The first kappa shape index (κ1) is 16.4. The first-order valence-electron chi connectivity index (χ1n) is 5.93. The SMILES string of the molecule is O=C=NC(N=C=O)(c1ccc(Cl)cc1)c1ccc(Cl)cc1Cl. The van der Waals surface area contributed by atoms with E-state index in [9.17, 15) is 9.59 Å². The van der Waals surface area contributed by atoms with Crippen LogP contribution in [0.5, 0.6) is 0 Å². The minimum atomic E-state index is -1.68. The van der Waals surface area contributed by atoms with Crippen molar-refractivity contribution in [3.05, 3.63) is 68.7 Å². The highest BCUT2D eigenvalue weighted by Gasteiger charge is 2.36. The predicted octanol–water partition coefficient (Wildman–Crippen LogP) is 4.52. The Morgan fingerprint density at radius 2 is 1.36 bits per heavy atom. The summed E-state index contributed by atoms with van der Waals surface area (Å²) in [4.78, 5) is 29.2. The maximum Gasteiger partial charge on any atom is 0.238 e. The van der Waals surface area contributed by atoms with Crippen LogP contribution in [0.2, 0.25) is 15.1 Å². The molecule has 0 aliphatic carbocycles. The average Bonchev–Trinajstić information content (AvgIpc) is 2.48. The predicted molar refractivity (Wildman–Crippen MR) is 84.9 cm³/mol. The molecule has 0 heterocycles. The fraction of sp³-hybridized carbons (Fsp3) is 0.0667. The molecule has 0 aliphatic rings. The zero-order chi connectivity index (χ0) is 16.2. The molecule has 0 spiro atoms. The quantitative estimate of drug-likeness (QED) is 0.599. The topological polar surface area (TPSA) is 58.9 Å². The molecule has 7 heteroatoms. The molecule has 0 aromatic heterocycles. The summed E-state index contributed by atoms with van der Waals surface area (Å²) in [5.74, 6) is 0. The summed E-state index contributed by atoms with van der Waals surface area (Å²) in [6, 6.07) is 10.9. The van der Waals surface area contributed by atoms with Crippen molar-refractivity contribution in [3.63, 3.8) is 0 Å². The van der Waals surface area contributed by atoms with Crippen molar-refractivity contribution in [1.29, 1.82) is 0 Å². The van der Waals surface area contributed by atoms with Crippen LogP contribution >= 0.6 is 34.8 Å². The van der Waals surface area contributed by atoms with Gasteiger partial charge in [0.05, 0.1) is 5.02 Å². The highest BCUT2D eigenvalue weighted by Crippen LogP contribution is 2.40. The smallest absolute Gasteiger partial charge is 0.211 e. The maximum absolute atomic E-state index is 10.9. The van der Waals surface area contributed by atoms with Gasteiger partial charge in [0.25, 0.3) is 0 Å². The third-order valence-electron chi connectivity index (χ3n) is 2.97. The summed E-state index contributed by atoms with van der Waals surface area (Å²) in [5.41, 5.74) is -0.976.